The van der Waals surface area contributed by atoms with Gasteiger partial charge in [-0.1, -0.05) is 23.7 Å². The summed E-state index contributed by atoms with van der Waals surface area (Å²) in [6, 6.07) is 4.87. The molecule has 1 aliphatic carbocycles. The Morgan fingerprint density at radius 1 is 1.38 bits per heavy atom. The lowest BCUT2D eigenvalue weighted by Crippen LogP contribution is -2.52. The van der Waals surface area contributed by atoms with Crippen molar-refractivity contribution in [3.63, 3.8) is 0 Å². The molecule has 0 unspecified atom stereocenters. The normalized spacial score (nSPS) is 18.2. The lowest BCUT2D eigenvalue weighted by atomic mass is 9.78. The zero-order valence-corrected chi connectivity index (χ0v) is 10.4. The van der Waals surface area contributed by atoms with Gasteiger partial charge in [0, 0.05) is 18.0 Å². The molecule has 0 spiro atoms. The van der Waals surface area contributed by atoms with Gasteiger partial charge in [0.2, 0.25) is 0 Å². The van der Waals surface area contributed by atoms with Crippen LogP contribution in [0.5, 0.6) is 0 Å². The Kier molecular flexibility index (Phi) is 3.73. The summed E-state index contributed by atoms with van der Waals surface area (Å²) in [6.45, 7) is 0.573. The zero-order valence-electron chi connectivity index (χ0n) is 8.90. The zero-order chi connectivity index (χ0) is 11.6. The quantitative estimate of drug-likeness (QED) is 0.815. The van der Waals surface area contributed by atoms with Gasteiger partial charge < -0.3 is 5.32 Å². The smallest absolute Gasteiger partial charge is 0.142 e. The van der Waals surface area contributed by atoms with Gasteiger partial charge >= 0.3 is 0 Å². The molecule has 1 aliphatic rings. The predicted octanol–water partition coefficient (Wildman–Crippen LogP) is 3.73. The highest BCUT2D eigenvalue weighted by Gasteiger charge is 2.35. The Morgan fingerprint density at radius 2 is 2.12 bits per heavy atom. The van der Waals surface area contributed by atoms with E-state index in [0.29, 0.717) is 12.4 Å². The highest BCUT2D eigenvalue weighted by molar-refractivity contribution is 6.31. The van der Waals surface area contributed by atoms with E-state index in [1.54, 1.807) is 6.07 Å². The Morgan fingerprint density at radius 3 is 2.69 bits per heavy atom. The number of hydrogen-bond donors (Lipinski definition) is 1. The third-order valence-corrected chi connectivity index (χ3v) is 4.19. The van der Waals surface area contributed by atoms with Crippen LogP contribution in [0.1, 0.15) is 24.8 Å². The molecule has 0 heterocycles. The largest absolute Gasteiger partial charge is 0.306 e. The number of nitrogens with one attached hydrogen (secondary N) is 1. The predicted molar refractivity (Wildman–Crippen MR) is 65.6 cm³/mol. The maximum Gasteiger partial charge on any atom is 0.142 e. The Hall–Kier alpha value is -0.310. The SMILES string of the molecule is Fc1cccc(CNC2(CCl)CCC2)c1Cl. The van der Waals surface area contributed by atoms with Crippen LogP contribution < -0.4 is 5.32 Å². The number of rotatable bonds is 4. The Balaban J connectivity index is 2.02. The van der Waals surface area contributed by atoms with Crippen molar-refractivity contribution in [3.05, 3.63) is 34.6 Å². The fourth-order valence-electron chi connectivity index (χ4n) is 1.93. The first-order valence-electron chi connectivity index (χ1n) is 5.41. The molecule has 1 aromatic rings. The van der Waals surface area contributed by atoms with Crippen molar-refractivity contribution in [2.24, 2.45) is 0 Å². The molecule has 1 nitrogen and oxygen atoms in total. The molecule has 2 rings (SSSR count). The molecule has 4 heteroatoms. The fraction of sp³-hybridized carbons (Fsp3) is 0.500. The molecule has 1 N–H and O–H groups in total. The van der Waals surface area contributed by atoms with Crippen LogP contribution in [0.4, 0.5) is 4.39 Å². The molecular weight excluding hydrogens is 248 g/mol. The van der Waals surface area contributed by atoms with Crippen LogP contribution in [-0.4, -0.2) is 11.4 Å². The van der Waals surface area contributed by atoms with Crippen LogP contribution in [0.2, 0.25) is 5.02 Å². The van der Waals surface area contributed by atoms with E-state index in [0.717, 1.165) is 18.4 Å². The number of alkyl halides is 1. The Labute approximate surface area is 105 Å². The van der Waals surface area contributed by atoms with Gasteiger partial charge in [0.25, 0.3) is 0 Å². The first-order chi connectivity index (χ1) is 7.67. The number of benzene rings is 1. The Bertz CT molecular complexity index is 372. The lowest BCUT2D eigenvalue weighted by molar-refractivity contribution is 0.211. The van der Waals surface area contributed by atoms with Crippen molar-refractivity contribution < 1.29 is 4.39 Å². The van der Waals surface area contributed by atoms with Crippen LogP contribution in [0.25, 0.3) is 0 Å². The second-order valence-corrected chi connectivity index (χ2v) is 4.98. The summed E-state index contributed by atoms with van der Waals surface area (Å²) >= 11 is 11.8. The highest BCUT2D eigenvalue weighted by atomic mass is 35.5. The van der Waals surface area contributed by atoms with Crippen molar-refractivity contribution in [2.75, 3.05) is 5.88 Å². The van der Waals surface area contributed by atoms with Crippen molar-refractivity contribution in [3.8, 4) is 0 Å². The summed E-state index contributed by atoms with van der Waals surface area (Å²) in [4.78, 5) is 0. The van der Waals surface area contributed by atoms with Gasteiger partial charge in [-0.2, -0.15) is 0 Å². The summed E-state index contributed by atoms with van der Waals surface area (Å²) < 4.78 is 13.2. The monoisotopic (exact) mass is 261 g/mol. The van der Waals surface area contributed by atoms with Gasteiger partial charge in [-0.05, 0) is 30.9 Å². The summed E-state index contributed by atoms with van der Waals surface area (Å²) in [7, 11) is 0. The van der Waals surface area contributed by atoms with Crippen molar-refractivity contribution in [1.82, 2.24) is 5.32 Å². The molecule has 88 valence electrons. The van der Waals surface area contributed by atoms with Crippen molar-refractivity contribution in [2.45, 2.75) is 31.3 Å². The second kappa shape index (κ2) is 4.91. The van der Waals surface area contributed by atoms with Gasteiger partial charge in [-0.25, -0.2) is 4.39 Å². The lowest BCUT2D eigenvalue weighted by Gasteiger charge is -2.41. The summed E-state index contributed by atoms with van der Waals surface area (Å²) in [6.07, 6.45) is 3.38. The molecular formula is C12H14Cl2FN. The molecule has 1 aromatic carbocycles. The fourth-order valence-corrected chi connectivity index (χ4v) is 2.48. The van der Waals surface area contributed by atoms with Crippen LogP contribution in [0, 0.1) is 5.82 Å². The van der Waals surface area contributed by atoms with Crippen molar-refractivity contribution >= 4 is 23.2 Å². The minimum Gasteiger partial charge on any atom is -0.306 e. The highest BCUT2D eigenvalue weighted by Crippen LogP contribution is 2.33. The molecule has 1 fully saturated rings. The average molecular weight is 262 g/mol. The summed E-state index contributed by atoms with van der Waals surface area (Å²) in [5, 5.41) is 3.59. The van der Waals surface area contributed by atoms with E-state index in [1.165, 1.54) is 12.5 Å². The maximum absolute atomic E-state index is 13.2. The third-order valence-electron chi connectivity index (χ3n) is 3.25. The second-order valence-electron chi connectivity index (χ2n) is 4.33. The molecule has 1 saturated carbocycles. The molecule has 0 atom stereocenters. The van der Waals surface area contributed by atoms with E-state index < -0.39 is 0 Å². The molecule has 0 aromatic heterocycles. The van der Waals surface area contributed by atoms with Gasteiger partial charge in [-0.15, -0.1) is 11.6 Å². The minimum absolute atomic E-state index is 0.0389. The third kappa shape index (κ3) is 2.34. The van der Waals surface area contributed by atoms with Gasteiger partial charge in [-0.3, -0.25) is 0 Å². The molecule has 0 radical (unpaired) electrons. The number of halogens is 3. The van der Waals surface area contributed by atoms with Crippen LogP contribution in [-0.2, 0) is 6.54 Å². The number of hydrogen-bond acceptors (Lipinski definition) is 1. The molecule has 16 heavy (non-hydrogen) atoms. The van der Waals surface area contributed by atoms with Gasteiger partial charge in [0.05, 0.1) is 5.02 Å². The van der Waals surface area contributed by atoms with E-state index in [1.807, 2.05) is 6.07 Å². The summed E-state index contributed by atoms with van der Waals surface area (Å²) in [5.41, 5.74) is 0.829. The summed E-state index contributed by atoms with van der Waals surface area (Å²) in [5.74, 6) is 0.231. The first-order valence-corrected chi connectivity index (χ1v) is 6.32. The molecule has 0 amide bonds. The first kappa shape index (κ1) is 12.2. The van der Waals surface area contributed by atoms with Crippen LogP contribution >= 0.6 is 23.2 Å². The molecule has 0 bridgehead atoms. The maximum atomic E-state index is 13.2. The van der Waals surface area contributed by atoms with E-state index in [9.17, 15) is 4.39 Å². The van der Waals surface area contributed by atoms with E-state index >= 15 is 0 Å². The topological polar surface area (TPSA) is 12.0 Å². The standard InChI is InChI=1S/C12H14Cl2FN/c13-8-12(5-2-6-12)16-7-9-3-1-4-10(15)11(9)14/h1,3-4,16H,2,5-8H2. The minimum atomic E-state index is -0.366. The van der Waals surface area contributed by atoms with E-state index in [-0.39, 0.29) is 16.4 Å². The van der Waals surface area contributed by atoms with Gasteiger partial charge in [0.1, 0.15) is 5.82 Å². The van der Waals surface area contributed by atoms with E-state index in [2.05, 4.69) is 5.32 Å². The van der Waals surface area contributed by atoms with E-state index in [4.69, 9.17) is 23.2 Å². The molecule has 0 saturated heterocycles. The van der Waals surface area contributed by atoms with Crippen LogP contribution in [0.15, 0.2) is 18.2 Å². The van der Waals surface area contributed by atoms with Gasteiger partial charge in [0.15, 0.2) is 0 Å². The molecule has 0 aliphatic heterocycles. The van der Waals surface area contributed by atoms with Crippen molar-refractivity contribution in [1.29, 1.82) is 0 Å². The average Bonchev–Trinajstić information content (AvgIpc) is 2.23. The van der Waals surface area contributed by atoms with Crippen LogP contribution in [0.3, 0.4) is 0 Å².